The van der Waals surface area contributed by atoms with Gasteiger partial charge in [0.2, 0.25) is 0 Å². The summed E-state index contributed by atoms with van der Waals surface area (Å²) in [4.78, 5) is 2.34. The van der Waals surface area contributed by atoms with Gasteiger partial charge in [-0.2, -0.15) is 19.2 Å². The molecule has 37 heavy (non-hydrogen) atoms. The second kappa shape index (κ2) is 12.4. The van der Waals surface area contributed by atoms with Crippen LogP contribution in [0.1, 0.15) is 29.5 Å². The van der Waals surface area contributed by atoms with Crippen LogP contribution in [-0.2, 0) is 11.8 Å². The number of rotatable bonds is 9. The Kier molecular flexibility index (Phi) is 9.51. The van der Waals surface area contributed by atoms with Crippen molar-refractivity contribution in [3.8, 4) is 28.7 Å². The Morgan fingerprint density at radius 1 is 0.892 bits per heavy atom. The maximum absolute atomic E-state index is 10.3. The van der Waals surface area contributed by atoms with Crippen LogP contribution in [0.5, 0.6) is 11.5 Å². The minimum Gasteiger partial charge on any atom is -0.493 e. The third-order valence-corrected chi connectivity index (χ3v) is 6.58. The summed E-state index contributed by atoms with van der Waals surface area (Å²) in [7, 11) is 0.773. The fourth-order valence-electron chi connectivity index (χ4n) is 4.85. The molecule has 0 radical (unpaired) electrons. The molecule has 0 aromatic heterocycles. The first-order valence-corrected chi connectivity index (χ1v) is 13.0. The molecule has 1 aliphatic carbocycles. The molecule has 196 valence electrons. The Bertz CT molecular complexity index is 1190. The van der Waals surface area contributed by atoms with Crippen LogP contribution in [-0.4, -0.2) is 43.9 Å². The molecule has 0 unspecified atom stereocenters. The van der Waals surface area contributed by atoms with E-state index in [4.69, 9.17) is 28.1 Å². The normalized spacial score (nSPS) is 13.2. The van der Waals surface area contributed by atoms with Gasteiger partial charge in [-0.15, -0.1) is 0 Å². The van der Waals surface area contributed by atoms with E-state index in [1.54, 1.807) is 14.2 Å². The Labute approximate surface area is 219 Å². The molecule has 0 saturated carbocycles. The Hall–Kier alpha value is -3.16. The van der Waals surface area contributed by atoms with Crippen molar-refractivity contribution in [2.45, 2.75) is 24.7 Å². The summed E-state index contributed by atoms with van der Waals surface area (Å²) in [5.74, 6) is 1.52. The molecule has 0 atom stereocenters. The number of halogens is 1. The Morgan fingerprint density at radius 3 is 1.95 bits per heavy atom. The molecule has 1 N–H and O–H groups in total. The highest BCUT2D eigenvalue weighted by molar-refractivity contribution is 5.82. The van der Waals surface area contributed by atoms with Gasteiger partial charge in [-0.3, -0.25) is 0 Å². The van der Waals surface area contributed by atoms with Gasteiger partial charge in [0.05, 0.1) is 35.2 Å². The van der Waals surface area contributed by atoms with Gasteiger partial charge in [0, 0.05) is 6.54 Å². The third kappa shape index (κ3) is 6.99. The summed E-state index contributed by atoms with van der Waals surface area (Å²) in [6, 6.07) is 25.5. The number of methoxy groups -OCH3 is 2. The highest BCUT2D eigenvalue weighted by Gasteiger charge is 2.42. The van der Waals surface area contributed by atoms with Crippen LogP contribution in [0.2, 0.25) is 0 Å². The van der Waals surface area contributed by atoms with Gasteiger partial charge in [0.25, 0.3) is 0 Å². The smallest absolute Gasteiger partial charge is 0.160 e. The largest absolute Gasteiger partial charge is 0.493 e. The molecule has 3 aromatic rings. The summed E-state index contributed by atoms with van der Waals surface area (Å²) in [6.07, 6.45) is 2.71. The number of hydrogen-bond donors (Lipinski definition) is 1. The van der Waals surface area contributed by atoms with Gasteiger partial charge >= 0.3 is 0 Å². The predicted molar refractivity (Wildman–Crippen MR) is 130 cm³/mol. The van der Waals surface area contributed by atoms with Crippen LogP contribution >= 0.6 is 0 Å². The molecule has 0 amide bonds. The minimum absolute atomic E-state index is 0.558. The van der Waals surface area contributed by atoms with Crippen LogP contribution < -0.4 is 23.5 Å². The van der Waals surface area contributed by atoms with E-state index in [0.29, 0.717) is 0 Å². The summed E-state index contributed by atoms with van der Waals surface area (Å²) in [5.41, 5.74) is 5.37. The number of nitrogens with zero attached hydrogens (tertiary/aromatic N) is 2. The van der Waals surface area contributed by atoms with Crippen molar-refractivity contribution in [3.05, 3.63) is 83.4 Å². The molecule has 0 heterocycles. The quantitative estimate of drug-likeness (QED) is 0.441. The molecule has 3 aromatic carbocycles. The lowest BCUT2D eigenvalue weighted by Crippen LogP contribution is -2.58. The Morgan fingerprint density at radius 2 is 1.43 bits per heavy atom. The van der Waals surface area contributed by atoms with Crippen molar-refractivity contribution < 1.29 is 38.4 Å². The van der Waals surface area contributed by atoms with E-state index in [9.17, 15) is 5.26 Å². The van der Waals surface area contributed by atoms with E-state index in [1.165, 1.54) is 16.7 Å². The SMILES string of the molecule is COc1ccc(CCN(C)CCCC2(C#N)c3ccccc3-c3ccccc32)cc1OC.[O-][Cl+3]([O-])([O-])O. The molecule has 0 saturated heterocycles. The van der Waals surface area contributed by atoms with E-state index in [0.717, 1.165) is 55.0 Å². The first-order valence-electron chi connectivity index (χ1n) is 11.8. The molecule has 4 rings (SSSR count). The van der Waals surface area contributed by atoms with E-state index in [2.05, 4.69) is 60.5 Å². The van der Waals surface area contributed by atoms with Gasteiger partial charge < -0.3 is 14.4 Å². The number of hydrogen-bond acceptors (Lipinski definition) is 8. The fourth-order valence-corrected chi connectivity index (χ4v) is 4.85. The molecule has 0 aliphatic heterocycles. The third-order valence-electron chi connectivity index (χ3n) is 6.58. The van der Waals surface area contributed by atoms with E-state index < -0.39 is 15.7 Å². The number of nitriles is 1. The standard InChI is InChI=1S/C28H30N2O2.ClHO4/c1-30(18-15-21-13-14-26(31-2)27(19-21)32-3)17-8-16-28(20-29)24-11-6-4-9-22(24)23-10-5-7-12-25(23)28;2-1(3,4)5/h4-7,9-14,19H,8,15-18H2,1-3H3;(H,2,3,4,5). The molecular formula is C28H31ClN2O6. The van der Waals surface area contributed by atoms with Gasteiger partial charge in [-0.1, -0.05) is 54.6 Å². The average Bonchev–Trinajstić information content (AvgIpc) is 3.16. The molecular weight excluding hydrogens is 496 g/mol. The van der Waals surface area contributed by atoms with Crippen LogP contribution in [0, 0.1) is 21.6 Å². The zero-order chi connectivity index (χ0) is 27.1. The summed E-state index contributed by atoms with van der Waals surface area (Å²) in [6.45, 7) is 1.89. The van der Waals surface area contributed by atoms with Gasteiger partial charge in [-0.05, 0) is 72.8 Å². The highest BCUT2D eigenvalue weighted by atomic mass is 35.7. The van der Waals surface area contributed by atoms with Gasteiger partial charge in [-0.25, -0.2) is 0 Å². The maximum Gasteiger partial charge on any atom is 0.160 e. The van der Waals surface area contributed by atoms with Gasteiger partial charge in [0.1, 0.15) is 5.41 Å². The molecule has 0 spiro atoms. The summed E-state index contributed by atoms with van der Waals surface area (Å²) < 4.78 is 43.5. The van der Waals surface area contributed by atoms with E-state index in [1.807, 2.05) is 24.3 Å². The minimum atomic E-state index is -4.69. The molecule has 0 fully saturated rings. The topological polar surface area (TPSA) is 135 Å². The lowest BCUT2D eigenvalue weighted by molar-refractivity contribution is -1.92. The van der Waals surface area contributed by atoms with Crippen molar-refractivity contribution in [2.24, 2.45) is 0 Å². The number of fused-ring (bicyclic) bond motifs is 3. The number of benzene rings is 3. The van der Waals surface area contributed by atoms with Crippen LogP contribution in [0.15, 0.2) is 66.7 Å². The van der Waals surface area contributed by atoms with Crippen LogP contribution in [0.3, 0.4) is 0 Å². The predicted octanol–water partition coefficient (Wildman–Crippen LogP) is 1.32. The second-order valence-corrected chi connectivity index (χ2v) is 9.64. The Balaban J connectivity index is 0.000000695. The fraction of sp³-hybridized carbons (Fsp3) is 0.321. The highest BCUT2D eigenvalue weighted by Crippen LogP contribution is 2.50. The summed E-state index contributed by atoms with van der Waals surface area (Å²) in [5, 5.41) is 10.3. The number of likely N-dealkylation sites (N-methyl/N-ethyl adjacent to an activating group) is 1. The van der Waals surface area contributed by atoms with E-state index >= 15 is 0 Å². The van der Waals surface area contributed by atoms with Crippen molar-refractivity contribution >= 4 is 0 Å². The first-order chi connectivity index (χ1) is 17.6. The second-order valence-electron chi connectivity index (χ2n) is 8.85. The molecule has 1 aliphatic rings. The zero-order valence-electron chi connectivity index (χ0n) is 21.1. The van der Waals surface area contributed by atoms with E-state index in [-0.39, 0.29) is 0 Å². The molecule has 8 nitrogen and oxygen atoms in total. The lowest BCUT2D eigenvalue weighted by atomic mass is 9.76. The average molecular weight is 527 g/mol. The number of ether oxygens (including phenoxy) is 2. The van der Waals surface area contributed by atoms with Crippen LogP contribution in [0.25, 0.3) is 11.1 Å². The van der Waals surface area contributed by atoms with Crippen molar-refractivity contribution in [2.75, 3.05) is 34.4 Å². The summed E-state index contributed by atoms with van der Waals surface area (Å²) >= 11 is 0. The monoisotopic (exact) mass is 526 g/mol. The van der Waals surface area contributed by atoms with Crippen molar-refractivity contribution in [1.29, 1.82) is 5.26 Å². The zero-order valence-corrected chi connectivity index (χ0v) is 21.9. The van der Waals surface area contributed by atoms with Crippen molar-refractivity contribution in [1.82, 2.24) is 4.90 Å². The van der Waals surface area contributed by atoms with Gasteiger partial charge in [0.15, 0.2) is 11.5 Å². The molecule has 9 heteroatoms. The van der Waals surface area contributed by atoms with Crippen LogP contribution in [0.4, 0.5) is 0 Å². The molecule has 0 bridgehead atoms. The van der Waals surface area contributed by atoms with Crippen molar-refractivity contribution in [3.63, 3.8) is 0 Å². The lowest BCUT2D eigenvalue weighted by Gasteiger charge is -2.25. The first kappa shape index (κ1) is 28.4. The maximum atomic E-state index is 10.3.